The quantitative estimate of drug-likeness (QED) is 0.797. The van der Waals surface area contributed by atoms with Gasteiger partial charge in [0.2, 0.25) is 5.91 Å². The average Bonchev–Trinajstić information content (AvgIpc) is 2.84. The van der Waals surface area contributed by atoms with Crippen LogP contribution in [-0.2, 0) is 11.2 Å². The standard InChI is InChI=1S/C12H16BrNO2/c1-9(4-5-11-3-2-6-16-11)14-8-10(13)7-12(14)15/h2-3,6,9-10H,4-5,7-8H2,1H3. The first kappa shape index (κ1) is 11.7. The van der Waals surface area contributed by atoms with Gasteiger partial charge in [-0.1, -0.05) is 15.9 Å². The second kappa shape index (κ2) is 5.04. The lowest BCUT2D eigenvalue weighted by Gasteiger charge is -2.24. The molecular formula is C12H16BrNO2. The molecule has 0 radical (unpaired) electrons. The first-order chi connectivity index (χ1) is 7.66. The molecule has 4 heteroatoms. The van der Waals surface area contributed by atoms with E-state index >= 15 is 0 Å². The molecule has 1 aromatic rings. The van der Waals surface area contributed by atoms with E-state index in [4.69, 9.17) is 4.42 Å². The van der Waals surface area contributed by atoms with E-state index in [1.54, 1.807) is 6.26 Å². The van der Waals surface area contributed by atoms with Crippen molar-refractivity contribution in [3.05, 3.63) is 24.2 Å². The number of alkyl halides is 1. The highest BCUT2D eigenvalue weighted by atomic mass is 79.9. The molecule has 2 rings (SSSR count). The number of hydrogen-bond acceptors (Lipinski definition) is 2. The average molecular weight is 286 g/mol. The van der Waals surface area contributed by atoms with Crippen LogP contribution in [0.4, 0.5) is 0 Å². The van der Waals surface area contributed by atoms with E-state index in [0.717, 1.165) is 25.1 Å². The number of aryl methyl sites for hydroxylation is 1. The van der Waals surface area contributed by atoms with Crippen molar-refractivity contribution in [2.75, 3.05) is 6.54 Å². The molecular weight excluding hydrogens is 270 g/mol. The second-order valence-electron chi connectivity index (χ2n) is 4.31. The van der Waals surface area contributed by atoms with Gasteiger partial charge < -0.3 is 9.32 Å². The molecule has 3 nitrogen and oxygen atoms in total. The summed E-state index contributed by atoms with van der Waals surface area (Å²) in [6.07, 6.45) is 4.17. The molecule has 1 fully saturated rings. The van der Waals surface area contributed by atoms with Crippen LogP contribution in [-0.4, -0.2) is 28.2 Å². The summed E-state index contributed by atoms with van der Waals surface area (Å²) in [5.41, 5.74) is 0. The summed E-state index contributed by atoms with van der Waals surface area (Å²) in [7, 11) is 0. The van der Waals surface area contributed by atoms with Crippen molar-refractivity contribution in [1.82, 2.24) is 4.90 Å². The number of halogens is 1. The molecule has 1 aromatic heterocycles. The molecule has 0 saturated carbocycles. The Morgan fingerprint density at radius 2 is 2.50 bits per heavy atom. The van der Waals surface area contributed by atoms with Crippen LogP contribution in [0.3, 0.4) is 0 Å². The van der Waals surface area contributed by atoms with Gasteiger partial charge in [-0.15, -0.1) is 0 Å². The van der Waals surface area contributed by atoms with Crippen molar-refractivity contribution in [2.24, 2.45) is 0 Å². The van der Waals surface area contributed by atoms with Gasteiger partial charge in [-0.25, -0.2) is 0 Å². The van der Waals surface area contributed by atoms with Crippen LogP contribution in [0.25, 0.3) is 0 Å². The van der Waals surface area contributed by atoms with Gasteiger partial charge in [0.25, 0.3) is 0 Å². The molecule has 1 saturated heterocycles. The number of nitrogens with zero attached hydrogens (tertiary/aromatic N) is 1. The maximum Gasteiger partial charge on any atom is 0.224 e. The Kier molecular flexibility index (Phi) is 3.69. The van der Waals surface area contributed by atoms with E-state index in [1.165, 1.54) is 0 Å². The lowest BCUT2D eigenvalue weighted by atomic mass is 10.1. The zero-order valence-corrected chi connectivity index (χ0v) is 10.9. The molecule has 2 heterocycles. The molecule has 0 N–H and O–H groups in total. The maximum absolute atomic E-state index is 11.7. The minimum Gasteiger partial charge on any atom is -0.469 e. The summed E-state index contributed by atoms with van der Waals surface area (Å²) >= 11 is 3.50. The highest BCUT2D eigenvalue weighted by Gasteiger charge is 2.30. The van der Waals surface area contributed by atoms with Crippen LogP contribution in [0.2, 0.25) is 0 Å². The van der Waals surface area contributed by atoms with Crippen LogP contribution in [0.5, 0.6) is 0 Å². The van der Waals surface area contributed by atoms with Gasteiger partial charge >= 0.3 is 0 Å². The van der Waals surface area contributed by atoms with Crippen LogP contribution in [0, 0.1) is 0 Å². The monoisotopic (exact) mass is 285 g/mol. The Balaban J connectivity index is 1.84. The first-order valence-electron chi connectivity index (χ1n) is 5.62. The van der Waals surface area contributed by atoms with Gasteiger partial charge in [0.05, 0.1) is 6.26 Å². The molecule has 1 aliphatic heterocycles. The van der Waals surface area contributed by atoms with Gasteiger partial charge in [-0.2, -0.15) is 0 Å². The van der Waals surface area contributed by atoms with Crippen molar-refractivity contribution in [2.45, 2.75) is 37.1 Å². The lowest BCUT2D eigenvalue weighted by Crippen LogP contribution is -2.34. The molecule has 0 bridgehead atoms. The minimum atomic E-state index is 0.258. The number of carbonyl (C=O) groups is 1. The number of furan rings is 1. The van der Waals surface area contributed by atoms with Gasteiger partial charge in [-0.05, 0) is 25.5 Å². The first-order valence-corrected chi connectivity index (χ1v) is 6.54. The Bertz CT molecular complexity index is 350. The lowest BCUT2D eigenvalue weighted by molar-refractivity contribution is -0.129. The van der Waals surface area contributed by atoms with Gasteiger partial charge in [0, 0.05) is 30.3 Å². The Hall–Kier alpha value is -0.770. The summed E-state index contributed by atoms with van der Waals surface area (Å²) in [4.78, 5) is 13.9. The molecule has 1 amide bonds. The number of amides is 1. The van der Waals surface area contributed by atoms with Crippen molar-refractivity contribution < 1.29 is 9.21 Å². The summed E-state index contributed by atoms with van der Waals surface area (Å²) < 4.78 is 5.28. The maximum atomic E-state index is 11.7. The van der Waals surface area contributed by atoms with Gasteiger partial charge in [0.1, 0.15) is 5.76 Å². The van der Waals surface area contributed by atoms with Gasteiger partial charge in [-0.3, -0.25) is 4.79 Å². The molecule has 16 heavy (non-hydrogen) atoms. The normalized spacial score (nSPS) is 22.8. The number of carbonyl (C=O) groups excluding carboxylic acids is 1. The Morgan fingerprint density at radius 3 is 3.06 bits per heavy atom. The molecule has 2 atom stereocenters. The summed E-state index contributed by atoms with van der Waals surface area (Å²) in [5, 5.41) is 0. The van der Waals surface area contributed by atoms with Crippen LogP contribution < -0.4 is 0 Å². The minimum absolute atomic E-state index is 0.258. The van der Waals surface area contributed by atoms with Crippen molar-refractivity contribution in [1.29, 1.82) is 0 Å². The van der Waals surface area contributed by atoms with Crippen LogP contribution in [0.1, 0.15) is 25.5 Å². The van der Waals surface area contributed by atoms with Crippen molar-refractivity contribution in [3.8, 4) is 0 Å². The predicted molar refractivity (Wildman–Crippen MR) is 65.5 cm³/mol. The summed E-state index contributed by atoms with van der Waals surface area (Å²) in [6, 6.07) is 4.17. The molecule has 88 valence electrons. The highest BCUT2D eigenvalue weighted by molar-refractivity contribution is 9.09. The van der Waals surface area contributed by atoms with E-state index in [-0.39, 0.29) is 5.91 Å². The van der Waals surface area contributed by atoms with E-state index < -0.39 is 0 Å². The fraction of sp³-hybridized carbons (Fsp3) is 0.583. The topological polar surface area (TPSA) is 33.5 Å². The molecule has 1 aliphatic rings. The SMILES string of the molecule is CC(CCc1ccco1)N1CC(Br)CC1=O. The van der Waals surface area contributed by atoms with E-state index in [9.17, 15) is 4.79 Å². The summed E-state index contributed by atoms with van der Waals surface area (Å²) in [6.45, 7) is 2.93. The fourth-order valence-corrected chi connectivity index (χ4v) is 2.66. The fourth-order valence-electron chi connectivity index (χ4n) is 2.07. The van der Waals surface area contributed by atoms with Crippen molar-refractivity contribution >= 4 is 21.8 Å². The third-order valence-electron chi connectivity index (χ3n) is 3.03. The summed E-state index contributed by atoms with van der Waals surface area (Å²) in [5.74, 6) is 1.25. The zero-order valence-electron chi connectivity index (χ0n) is 9.36. The second-order valence-corrected chi connectivity index (χ2v) is 5.61. The van der Waals surface area contributed by atoms with Crippen LogP contribution >= 0.6 is 15.9 Å². The highest BCUT2D eigenvalue weighted by Crippen LogP contribution is 2.22. The molecule has 0 aromatic carbocycles. The van der Waals surface area contributed by atoms with E-state index in [2.05, 4.69) is 22.9 Å². The van der Waals surface area contributed by atoms with Gasteiger partial charge in [0.15, 0.2) is 0 Å². The van der Waals surface area contributed by atoms with Crippen LogP contribution in [0.15, 0.2) is 22.8 Å². The number of likely N-dealkylation sites (tertiary alicyclic amines) is 1. The zero-order chi connectivity index (χ0) is 11.5. The largest absolute Gasteiger partial charge is 0.469 e. The predicted octanol–water partition coefficient (Wildman–Crippen LogP) is 2.60. The van der Waals surface area contributed by atoms with Crippen molar-refractivity contribution in [3.63, 3.8) is 0 Å². The third-order valence-corrected chi connectivity index (χ3v) is 3.65. The molecule has 2 unspecified atom stereocenters. The molecule has 0 spiro atoms. The number of hydrogen-bond donors (Lipinski definition) is 0. The number of rotatable bonds is 4. The van der Waals surface area contributed by atoms with E-state index in [1.807, 2.05) is 17.0 Å². The smallest absolute Gasteiger partial charge is 0.224 e. The molecule has 0 aliphatic carbocycles. The van der Waals surface area contributed by atoms with E-state index in [0.29, 0.717) is 17.3 Å². The Morgan fingerprint density at radius 1 is 1.69 bits per heavy atom. The Labute approximate surface area is 104 Å². The third kappa shape index (κ3) is 2.67.